The average molecular weight is 370 g/mol. The van der Waals surface area contributed by atoms with Crippen molar-refractivity contribution in [2.45, 2.75) is 32.6 Å². The highest BCUT2D eigenvalue weighted by molar-refractivity contribution is 5.90. The maximum Gasteiger partial charge on any atom is 0.224 e. The predicted octanol–water partition coefficient (Wildman–Crippen LogP) is 5.31. The van der Waals surface area contributed by atoms with E-state index in [0.29, 0.717) is 17.6 Å². The zero-order valence-corrected chi connectivity index (χ0v) is 15.1. The Balaban J connectivity index is 1.59. The summed E-state index contributed by atoms with van der Waals surface area (Å²) in [5, 5.41) is 2.35. The smallest absolute Gasteiger partial charge is 0.224 e. The van der Waals surface area contributed by atoms with E-state index >= 15 is 0 Å². The molecule has 3 rings (SSSR count). The van der Waals surface area contributed by atoms with E-state index in [1.807, 2.05) is 24.3 Å². The Bertz CT molecular complexity index is 934. The topological polar surface area (TPSA) is 55.1 Å². The number of carbonyl (C=O) groups is 1. The fraction of sp³-hybridized carbons (Fsp3) is 0.238. The highest BCUT2D eigenvalue weighted by atomic mass is 19.1. The van der Waals surface area contributed by atoms with Crippen LogP contribution in [0.15, 0.2) is 53.1 Å². The third-order valence-corrected chi connectivity index (χ3v) is 4.18. The van der Waals surface area contributed by atoms with Crippen LogP contribution in [-0.4, -0.2) is 10.9 Å². The summed E-state index contributed by atoms with van der Waals surface area (Å²) in [6.07, 6.45) is 1.92. The Morgan fingerprint density at radius 2 is 1.89 bits per heavy atom. The fourth-order valence-corrected chi connectivity index (χ4v) is 2.62. The summed E-state index contributed by atoms with van der Waals surface area (Å²) in [6, 6.07) is 10.9. The molecule has 3 aromatic rings. The summed E-state index contributed by atoms with van der Waals surface area (Å²) in [6.45, 7) is 4.25. The number of benzene rings is 2. The summed E-state index contributed by atoms with van der Waals surface area (Å²) < 4.78 is 32.4. The molecule has 1 aromatic heterocycles. The van der Waals surface area contributed by atoms with Gasteiger partial charge in [0, 0.05) is 24.5 Å². The van der Waals surface area contributed by atoms with Crippen molar-refractivity contribution in [3.8, 4) is 11.3 Å². The van der Waals surface area contributed by atoms with Crippen molar-refractivity contribution in [3.05, 3.63) is 71.8 Å². The number of rotatable bonds is 6. The number of anilines is 1. The van der Waals surface area contributed by atoms with Gasteiger partial charge in [-0.3, -0.25) is 4.79 Å². The monoisotopic (exact) mass is 370 g/mol. The maximum absolute atomic E-state index is 13.6. The summed E-state index contributed by atoms with van der Waals surface area (Å²) in [5.41, 5.74) is 1.96. The molecule has 0 aliphatic heterocycles. The van der Waals surface area contributed by atoms with Gasteiger partial charge in [-0.1, -0.05) is 38.1 Å². The van der Waals surface area contributed by atoms with E-state index in [1.165, 1.54) is 5.56 Å². The van der Waals surface area contributed by atoms with Crippen molar-refractivity contribution in [3.63, 3.8) is 0 Å². The van der Waals surface area contributed by atoms with Gasteiger partial charge < -0.3 is 9.73 Å². The maximum atomic E-state index is 13.6. The average Bonchev–Trinajstić information content (AvgIpc) is 3.12. The van der Waals surface area contributed by atoms with Gasteiger partial charge in [0.2, 0.25) is 5.91 Å². The first-order valence-electron chi connectivity index (χ1n) is 8.72. The van der Waals surface area contributed by atoms with Gasteiger partial charge in [0.25, 0.3) is 0 Å². The Morgan fingerprint density at radius 3 is 2.59 bits per heavy atom. The number of halogens is 2. The van der Waals surface area contributed by atoms with E-state index in [0.717, 1.165) is 23.8 Å². The van der Waals surface area contributed by atoms with E-state index in [9.17, 15) is 13.6 Å². The molecule has 4 nitrogen and oxygen atoms in total. The number of oxazole rings is 1. The van der Waals surface area contributed by atoms with E-state index in [1.54, 1.807) is 6.20 Å². The Morgan fingerprint density at radius 1 is 1.15 bits per heavy atom. The molecule has 0 aliphatic carbocycles. The van der Waals surface area contributed by atoms with Crippen LogP contribution in [0.3, 0.4) is 0 Å². The van der Waals surface area contributed by atoms with Gasteiger partial charge in [-0.05, 0) is 23.6 Å². The summed E-state index contributed by atoms with van der Waals surface area (Å²) in [4.78, 5) is 16.1. The SMILES string of the molecule is CC(C)c1ccc(-c2cnc(CCC(=O)Nc3cc(F)ccc3F)o2)cc1. The lowest BCUT2D eigenvalue weighted by atomic mass is 10.0. The van der Waals surface area contributed by atoms with Gasteiger partial charge in [-0.25, -0.2) is 13.8 Å². The van der Waals surface area contributed by atoms with E-state index < -0.39 is 17.5 Å². The normalized spacial score (nSPS) is 11.0. The zero-order chi connectivity index (χ0) is 19.4. The molecule has 1 N–H and O–H groups in total. The number of carbonyl (C=O) groups excluding carboxylic acids is 1. The van der Waals surface area contributed by atoms with E-state index in [2.05, 4.69) is 24.1 Å². The minimum atomic E-state index is -0.687. The number of amides is 1. The molecule has 2 aromatic carbocycles. The molecule has 140 valence electrons. The second kappa shape index (κ2) is 8.12. The van der Waals surface area contributed by atoms with Crippen molar-refractivity contribution in [1.82, 2.24) is 4.98 Å². The number of aryl methyl sites for hydroxylation is 1. The largest absolute Gasteiger partial charge is 0.441 e. The molecular weight excluding hydrogens is 350 g/mol. The number of hydrogen-bond donors (Lipinski definition) is 1. The van der Waals surface area contributed by atoms with Gasteiger partial charge in [0.05, 0.1) is 11.9 Å². The molecule has 0 radical (unpaired) electrons. The third kappa shape index (κ3) is 4.78. The second-order valence-corrected chi connectivity index (χ2v) is 6.57. The van der Waals surface area contributed by atoms with Crippen LogP contribution in [-0.2, 0) is 11.2 Å². The molecule has 0 atom stereocenters. The van der Waals surface area contributed by atoms with E-state index in [-0.39, 0.29) is 18.5 Å². The molecule has 0 saturated carbocycles. The van der Waals surface area contributed by atoms with Crippen LogP contribution in [0.25, 0.3) is 11.3 Å². The summed E-state index contributed by atoms with van der Waals surface area (Å²) >= 11 is 0. The minimum Gasteiger partial charge on any atom is -0.441 e. The van der Waals surface area contributed by atoms with Gasteiger partial charge in [-0.2, -0.15) is 0 Å². The van der Waals surface area contributed by atoms with Crippen LogP contribution in [0.2, 0.25) is 0 Å². The molecule has 6 heteroatoms. The number of nitrogens with one attached hydrogen (secondary N) is 1. The minimum absolute atomic E-state index is 0.0438. The Labute approximate surface area is 156 Å². The molecule has 0 unspecified atom stereocenters. The van der Waals surface area contributed by atoms with Gasteiger partial charge >= 0.3 is 0 Å². The highest BCUT2D eigenvalue weighted by Gasteiger charge is 2.12. The first-order valence-corrected chi connectivity index (χ1v) is 8.72. The van der Waals surface area contributed by atoms with Crippen LogP contribution in [0.5, 0.6) is 0 Å². The number of nitrogens with zero attached hydrogens (tertiary/aromatic N) is 1. The first-order chi connectivity index (χ1) is 12.9. The zero-order valence-electron chi connectivity index (χ0n) is 15.1. The lowest BCUT2D eigenvalue weighted by Gasteiger charge is -2.06. The van der Waals surface area contributed by atoms with Crippen molar-refractivity contribution < 1.29 is 18.0 Å². The lowest BCUT2D eigenvalue weighted by molar-refractivity contribution is -0.116. The lowest BCUT2D eigenvalue weighted by Crippen LogP contribution is -2.13. The third-order valence-electron chi connectivity index (χ3n) is 4.18. The number of aromatic nitrogens is 1. The van der Waals surface area contributed by atoms with Gasteiger partial charge in [0.1, 0.15) is 11.6 Å². The van der Waals surface area contributed by atoms with Crippen molar-refractivity contribution in [2.75, 3.05) is 5.32 Å². The summed E-state index contributed by atoms with van der Waals surface area (Å²) in [7, 11) is 0. The molecule has 1 amide bonds. The molecule has 0 spiro atoms. The molecule has 1 heterocycles. The standard InChI is InChI=1S/C21H20F2N2O2/c1-13(2)14-3-5-15(6-4-14)19-12-24-21(27-19)10-9-20(26)25-18-11-16(22)7-8-17(18)23/h3-8,11-13H,9-10H2,1-2H3,(H,25,26). The Kier molecular flexibility index (Phi) is 5.64. The van der Waals surface area contributed by atoms with Gasteiger partial charge in [-0.15, -0.1) is 0 Å². The molecule has 0 saturated heterocycles. The predicted molar refractivity (Wildman–Crippen MR) is 99.3 cm³/mol. The fourth-order valence-electron chi connectivity index (χ4n) is 2.62. The molecule has 0 bridgehead atoms. The molecular formula is C21H20F2N2O2. The van der Waals surface area contributed by atoms with Crippen LogP contribution in [0.1, 0.15) is 37.6 Å². The molecule has 0 aliphatic rings. The summed E-state index contributed by atoms with van der Waals surface area (Å²) in [5.74, 6) is -0.267. The van der Waals surface area contributed by atoms with E-state index in [4.69, 9.17) is 4.42 Å². The van der Waals surface area contributed by atoms with Crippen LogP contribution < -0.4 is 5.32 Å². The van der Waals surface area contributed by atoms with Crippen molar-refractivity contribution in [1.29, 1.82) is 0 Å². The number of hydrogen-bond acceptors (Lipinski definition) is 3. The molecule has 0 fully saturated rings. The van der Waals surface area contributed by atoms with Crippen LogP contribution >= 0.6 is 0 Å². The van der Waals surface area contributed by atoms with Crippen molar-refractivity contribution >= 4 is 11.6 Å². The first kappa shape index (κ1) is 18.8. The Hall–Kier alpha value is -3.02. The quantitative estimate of drug-likeness (QED) is 0.639. The highest BCUT2D eigenvalue weighted by Crippen LogP contribution is 2.24. The second-order valence-electron chi connectivity index (χ2n) is 6.57. The van der Waals surface area contributed by atoms with Crippen LogP contribution in [0.4, 0.5) is 14.5 Å². The van der Waals surface area contributed by atoms with Crippen LogP contribution in [0, 0.1) is 11.6 Å². The molecule has 27 heavy (non-hydrogen) atoms. The van der Waals surface area contributed by atoms with Crippen molar-refractivity contribution in [2.24, 2.45) is 0 Å². The van der Waals surface area contributed by atoms with Gasteiger partial charge in [0.15, 0.2) is 11.7 Å².